The Morgan fingerprint density at radius 2 is 2.11 bits per heavy atom. The van der Waals surface area contributed by atoms with E-state index in [1.54, 1.807) is 11.3 Å². The summed E-state index contributed by atoms with van der Waals surface area (Å²) in [5.41, 5.74) is 1.22. The van der Waals surface area contributed by atoms with Gasteiger partial charge < -0.3 is 4.90 Å². The first kappa shape index (κ1) is 12.9. The molecule has 0 amide bonds. The SMILES string of the molecule is CC1CCCN1c1nnc(Cc2ccc(Cl)cc2)s1. The van der Waals surface area contributed by atoms with Crippen LogP contribution in [0.5, 0.6) is 0 Å². The molecule has 0 radical (unpaired) electrons. The second-order valence-corrected chi connectivity index (χ2v) is 6.44. The number of anilines is 1. The van der Waals surface area contributed by atoms with Gasteiger partial charge in [-0.3, -0.25) is 0 Å². The molecule has 0 spiro atoms. The number of aromatic nitrogens is 2. The van der Waals surface area contributed by atoms with Gasteiger partial charge in [-0.05, 0) is 37.5 Å². The van der Waals surface area contributed by atoms with Crippen molar-refractivity contribution in [2.24, 2.45) is 0 Å². The van der Waals surface area contributed by atoms with E-state index >= 15 is 0 Å². The molecule has 1 aliphatic rings. The average molecular weight is 294 g/mol. The zero-order chi connectivity index (χ0) is 13.2. The van der Waals surface area contributed by atoms with Crippen LogP contribution in [0.1, 0.15) is 30.3 Å². The third kappa shape index (κ3) is 2.90. The Morgan fingerprint density at radius 1 is 1.32 bits per heavy atom. The fourth-order valence-electron chi connectivity index (χ4n) is 2.43. The van der Waals surface area contributed by atoms with Gasteiger partial charge in [0.15, 0.2) is 0 Å². The largest absolute Gasteiger partial charge is 0.344 e. The standard InChI is InChI=1S/C14H16ClN3S/c1-10-3-2-8-18(10)14-17-16-13(19-14)9-11-4-6-12(15)7-5-11/h4-7,10H,2-3,8-9H2,1H3. The maximum Gasteiger partial charge on any atom is 0.208 e. The molecule has 2 heterocycles. The number of nitrogens with zero attached hydrogens (tertiary/aromatic N) is 3. The van der Waals surface area contributed by atoms with Crippen molar-refractivity contribution in [3.63, 3.8) is 0 Å². The number of halogens is 1. The van der Waals surface area contributed by atoms with Crippen LogP contribution in [0.4, 0.5) is 5.13 Å². The highest BCUT2D eigenvalue weighted by Gasteiger charge is 2.23. The highest BCUT2D eigenvalue weighted by molar-refractivity contribution is 7.15. The van der Waals surface area contributed by atoms with Crippen LogP contribution in [0.25, 0.3) is 0 Å². The molecule has 0 aliphatic carbocycles. The Kier molecular flexibility index (Phi) is 3.71. The Balaban J connectivity index is 1.72. The molecule has 1 unspecified atom stereocenters. The predicted octanol–water partition coefficient (Wildman–Crippen LogP) is 3.77. The topological polar surface area (TPSA) is 29.0 Å². The van der Waals surface area contributed by atoms with Gasteiger partial charge in [0.2, 0.25) is 5.13 Å². The van der Waals surface area contributed by atoms with Crippen molar-refractivity contribution in [1.29, 1.82) is 0 Å². The number of hydrogen-bond acceptors (Lipinski definition) is 4. The minimum Gasteiger partial charge on any atom is -0.344 e. The molecule has 3 nitrogen and oxygen atoms in total. The Labute approximate surface area is 122 Å². The van der Waals surface area contributed by atoms with E-state index in [4.69, 9.17) is 11.6 Å². The van der Waals surface area contributed by atoms with Gasteiger partial charge in [0.25, 0.3) is 0 Å². The molecule has 3 rings (SSSR count). The predicted molar refractivity (Wildman–Crippen MR) is 80.2 cm³/mol. The van der Waals surface area contributed by atoms with Crippen molar-refractivity contribution in [2.75, 3.05) is 11.4 Å². The van der Waals surface area contributed by atoms with Crippen LogP contribution in [0.3, 0.4) is 0 Å². The first-order valence-corrected chi connectivity index (χ1v) is 7.75. The fourth-order valence-corrected chi connectivity index (χ4v) is 3.55. The fraction of sp³-hybridized carbons (Fsp3) is 0.429. The van der Waals surface area contributed by atoms with E-state index in [-0.39, 0.29) is 0 Å². The summed E-state index contributed by atoms with van der Waals surface area (Å²) in [6.45, 7) is 3.37. The average Bonchev–Trinajstić information content (AvgIpc) is 3.01. The maximum atomic E-state index is 5.89. The van der Waals surface area contributed by atoms with Gasteiger partial charge in [-0.2, -0.15) is 0 Å². The highest BCUT2D eigenvalue weighted by Crippen LogP contribution is 2.29. The van der Waals surface area contributed by atoms with Crippen LogP contribution in [-0.4, -0.2) is 22.8 Å². The van der Waals surface area contributed by atoms with Crippen LogP contribution in [0.15, 0.2) is 24.3 Å². The second kappa shape index (κ2) is 5.47. The molecular weight excluding hydrogens is 278 g/mol. The van der Waals surface area contributed by atoms with Crippen LogP contribution in [0.2, 0.25) is 5.02 Å². The first-order valence-electron chi connectivity index (χ1n) is 6.56. The molecule has 1 aliphatic heterocycles. The minimum absolute atomic E-state index is 0.594. The van der Waals surface area contributed by atoms with Crippen molar-refractivity contribution in [3.05, 3.63) is 39.9 Å². The van der Waals surface area contributed by atoms with Crippen molar-refractivity contribution in [1.82, 2.24) is 10.2 Å². The van der Waals surface area contributed by atoms with E-state index in [1.807, 2.05) is 24.3 Å². The lowest BCUT2D eigenvalue weighted by molar-refractivity contribution is 0.729. The molecule has 1 aromatic heterocycles. The maximum absolute atomic E-state index is 5.89. The van der Waals surface area contributed by atoms with Crippen molar-refractivity contribution in [2.45, 2.75) is 32.2 Å². The molecule has 0 N–H and O–H groups in total. The molecular formula is C14H16ClN3S. The normalized spacial score (nSPS) is 19.1. The summed E-state index contributed by atoms with van der Waals surface area (Å²) in [6, 6.07) is 8.52. The summed E-state index contributed by atoms with van der Waals surface area (Å²) >= 11 is 7.59. The summed E-state index contributed by atoms with van der Waals surface area (Å²) in [5.74, 6) is 0. The molecule has 1 aromatic carbocycles. The van der Waals surface area contributed by atoms with Crippen molar-refractivity contribution in [3.8, 4) is 0 Å². The zero-order valence-corrected chi connectivity index (χ0v) is 12.4. The van der Waals surface area contributed by atoms with Gasteiger partial charge >= 0.3 is 0 Å². The third-order valence-electron chi connectivity index (χ3n) is 3.52. The van der Waals surface area contributed by atoms with Gasteiger partial charge in [-0.1, -0.05) is 35.1 Å². The van der Waals surface area contributed by atoms with E-state index in [0.29, 0.717) is 6.04 Å². The number of hydrogen-bond donors (Lipinski definition) is 0. The number of benzene rings is 1. The summed E-state index contributed by atoms with van der Waals surface area (Å²) in [5, 5.41) is 11.5. The lowest BCUT2D eigenvalue weighted by Gasteiger charge is -2.18. The molecule has 0 bridgehead atoms. The molecule has 1 atom stereocenters. The third-order valence-corrected chi connectivity index (χ3v) is 4.74. The Hall–Kier alpha value is -1.13. The van der Waals surface area contributed by atoms with E-state index < -0.39 is 0 Å². The van der Waals surface area contributed by atoms with Gasteiger partial charge in [0.1, 0.15) is 5.01 Å². The van der Waals surface area contributed by atoms with E-state index in [9.17, 15) is 0 Å². The molecule has 1 fully saturated rings. The molecule has 2 aromatic rings. The van der Waals surface area contributed by atoms with Gasteiger partial charge in [0.05, 0.1) is 0 Å². The molecule has 0 saturated carbocycles. The van der Waals surface area contributed by atoms with Gasteiger partial charge in [-0.25, -0.2) is 0 Å². The lowest BCUT2D eigenvalue weighted by Crippen LogP contribution is -2.25. The quantitative estimate of drug-likeness (QED) is 0.862. The number of rotatable bonds is 3. The van der Waals surface area contributed by atoms with Crippen LogP contribution in [0, 0.1) is 0 Å². The van der Waals surface area contributed by atoms with Gasteiger partial charge in [0, 0.05) is 24.0 Å². The van der Waals surface area contributed by atoms with Crippen LogP contribution < -0.4 is 4.90 Å². The summed E-state index contributed by atoms with van der Waals surface area (Å²) in [6.07, 6.45) is 3.34. The Bertz CT molecular complexity index is 552. The lowest BCUT2D eigenvalue weighted by atomic mass is 10.2. The van der Waals surface area contributed by atoms with Crippen molar-refractivity contribution >= 4 is 28.1 Å². The summed E-state index contributed by atoms with van der Waals surface area (Å²) in [7, 11) is 0. The molecule has 100 valence electrons. The van der Waals surface area contributed by atoms with E-state index in [2.05, 4.69) is 22.0 Å². The Morgan fingerprint density at radius 3 is 2.79 bits per heavy atom. The summed E-state index contributed by atoms with van der Waals surface area (Å²) < 4.78 is 0. The van der Waals surface area contributed by atoms with Crippen LogP contribution >= 0.6 is 22.9 Å². The second-order valence-electron chi connectivity index (χ2n) is 4.97. The molecule has 5 heteroatoms. The minimum atomic E-state index is 0.594. The van der Waals surface area contributed by atoms with Gasteiger partial charge in [-0.15, -0.1) is 10.2 Å². The first-order chi connectivity index (χ1) is 9.22. The van der Waals surface area contributed by atoms with E-state index in [0.717, 1.165) is 28.1 Å². The monoisotopic (exact) mass is 293 g/mol. The zero-order valence-electron chi connectivity index (χ0n) is 10.8. The molecule has 1 saturated heterocycles. The smallest absolute Gasteiger partial charge is 0.208 e. The highest BCUT2D eigenvalue weighted by atomic mass is 35.5. The van der Waals surface area contributed by atoms with Crippen LogP contribution in [-0.2, 0) is 6.42 Å². The van der Waals surface area contributed by atoms with Crippen molar-refractivity contribution < 1.29 is 0 Å². The van der Waals surface area contributed by atoms with E-state index in [1.165, 1.54) is 18.4 Å². The summed E-state index contributed by atoms with van der Waals surface area (Å²) in [4.78, 5) is 2.36. The molecule has 19 heavy (non-hydrogen) atoms.